The van der Waals surface area contributed by atoms with Gasteiger partial charge in [-0.25, -0.2) is 4.79 Å². The van der Waals surface area contributed by atoms with Crippen molar-refractivity contribution in [3.05, 3.63) is 29.8 Å². The molecule has 0 radical (unpaired) electrons. The number of fused-ring (bicyclic) bond motifs is 1. The van der Waals surface area contributed by atoms with Crippen LogP contribution in [0, 0.1) is 0 Å². The van der Waals surface area contributed by atoms with E-state index < -0.39 is 23.8 Å². The van der Waals surface area contributed by atoms with Gasteiger partial charge in [0.05, 0.1) is 5.92 Å². The fourth-order valence-corrected chi connectivity index (χ4v) is 2.21. The predicted octanol–water partition coefficient (Wildman–Crippen LogP) is 0.702. The monoisotopic (exact) mass is 262 g/mol. The van der Waals surface area contributed by atoms with E-state index in [9.17, 15) is 14.4 Å². The molecule has 0 saturated heterocycles. The molecular formula is C13H14N2O4. The third-order valence-corrected chi connectivity index (χ3v) is 3.06. The van der Waals surface area contributed by atoms with Gasteiger partial charge in [-0.15, -0.1) is 0 Å². The van der Waals surface area contributed by atoms with Gasteiger partial charge in [0.2, 0.25) is 11.8 Å². The van der Waals surface area contributed by atoms with Gasteiger partial charge in [-0.2, -0.15) is 0 Å². The summed E-state index contributed by atoms with van der Waals surface area (Å²) in [5, 5.41) is 14.1. The van der Waals surface area contributed by atoms with Crippen molar-refractivity contribution in [1.82, 2.24) is 5.32 Å². The van der Waals surface area contributed by atoms with Crippen molar-refractivity contribution in [1.29, 1.82) is 0 Å². The highest BCUT2D eigenvalue weighted by Crippen LogP contribution is 2.35. The van der Waals surface area contributed by atoms with Crippen LogP contribution in [0.5, 0.6) is 0 Å². The SMILES string of the molecule is CC(=O)N[C@@H](CC1C(=O)Nc2ccccc21)C(=O)O. The van der Waals surface area contributed by atoms with Gasteiger partial charge < -0.3 is 15.7 Å². The number of carbonyl (C=O) groups is 3. The first kappa shape index (κ1) is 13.1. The molecule has 0 saturated carbocycles. The average molecular weight is 262 g/mol. The van der Waals surface area contributed by atoms with E-state index in [1.165, 1.54) is 6.92 Å². The van der Waals surface area contributed by atoms with Crippen molar-refractivity contribution in [3.63, 3.8) is 0 Å². The van der Waals surface area contributed by atoms with E-state index in [1.807, 2.05) is 0 Å². The Morgan fingerprint density at radius 1 is 1.42 bits per heavy atom. The van der Waals surface area contributed by atoms with E-state index in [-0.39, 0.29) is 12.3 Å². The van der Waals surface area contributed by atoms with Crippen LogP contribution in [0.1, 0.15) is 24.8 Å². The van der Waals surface area contributed by atoms with Gasteiger partial charge >= 0.3 is 5.97 Å². The quantitative estimate of drug-likeness (QED) is 0.744. The second kappa shape index (κ2) is 5.09. The number of aliphatic carboxylic acids is 1. The lowest BCUT2D eigenvalue weighted by atomic mass is 9.93. The Morgan fingerprint density at radius 3 is 2.74 bits per heavy atom. The maximum atomic E-state index is 11.9. The molecule has 1 heterocycles. The van der Waals surface area contributed by atoms with E-state index in [0.29, 0.717) is 5.69 Å². The molecule has 19 heavy (non-hydrogen) atoms. The molecule has 1 aliphatic rings. The molecule has 3 N–H and O–H groups in total. The zero-order valence-corrected chi connectivity index (χ0v) is 10.3. The Kier molecular flexibility index (Phi) is 3.50. The lowest BCUT2D eigenvalue weighted by Gasteiger charge is -2.16. The van der Waals surface area contributed by atoms with Crippen LogP contribution in [0.15, 0.2) is 24.3 Å². The summed E-state index contributed by atoms with van der Waals surface area (Å²) in [7, 11) is 0. The molecule has 0 aliphatic carbocycles. The maximum absolute atomic E-state index is 11.9. The largest absolute Gasteiger partial charge is 0.480 e. The van der Waals surface area contributed by atoms with E-state index in [4.69, 9.17) is 5.11 Å². The minimum Gasteiger partial charge on any atom is -0.480 e. The standard InChI is InChI=1S/C13H14N2O4/c1-7(16)14-11(13(18)19)6-9-8-4-2-3-5-10(8)15-12(9)17/h2-5,9,11H,6H2,1H3,(H,14,16)(H,15,17)(H,18,19)/t9?,11-/m0/s1. The lowest BCUT2D eigenvalue weighted by molar-refractivity contribution is -0.142. The molecular weight excluding hydrogens is 248 g/mol. The van der Waals surface area contributed by atoms with Gasteiger partial charge in [0.1, 0.15) is 6.04 Å². The summed E-state index contributed by atoms with van der Waals surface area (Å²) in [5.74, 6) is -2.37. The number of para-hydroxylation sites is 1. The van der Waals surface area contributed by atoms with Crippen molar-refractivity contribution >= 4 is 23.5 Å². The highest BCUT2D eigenvalue weighted by Gasteiger charge is 2.34. The van der Waals surface area contributed by atoms with Crippen LogP contribution in [-0.2, 0) is 14.4 Å². The molecule has 0 fully saturated rings. The number of rotatable bonds is 4. The van der Waals surface area contributed by atoms with E-state index >= 15 is 0 Å². The average Bonchev–Trinajstić information content (AvgIpc) is 2.64. The van der Waals surface area contributed by atoms with Crippen molar-refractivity contribution < 1.29 is 19.5 Å². The van der Waals surface area contributed by atoms with E-state index in [2.05, 4.69) is 10.6 Å². The Morgan fingerprint density at radius 2 is 2.11 bits per heavy atom. The molecule has 0 spiro atoms. The number of carbonyl (C=O) groups excluding carboxylic acids is 2. The van der Waals surface area contributed by atoms with Crippen LogP contribution in [0.2, 0.25) is 0 Å². The van der Waals surface area contributed by atoms with Gasteiger partial charge in [-0.05, 0) is 18.1 Å². The van der Waals surface area contributed by atoms with E-state index in [0.717, 1.165) is 5.56 Å². The van der Waals surface area contributed by atoms with Crippen LogP contribution in [0.4, 0.5) is 5.69 Å². The van der Waals surface area contributed by atoms with Crippen LogP contribution in [0.25, 0.3) is 0 Å². The molecule has 2 rings (SSSR count). The van der Waals surface area contributed by atoms with Crippen molar-refractivity contribution in [2.75, 3.05) is 5.32 Å². The molecule has 1 aromatic rings. The Balaban J connectivity index is 2.20. The Bertz CT molecular complexity index is 541. The summed E-state index contributed by atoms with van der Waals surface area (Å²) in [5.41, 5.74) is 1.47. The van der Waals surface area contributed by atoms with Crippen LogP contribution in [-0.4, -0.2) is 28.9 Å². The number of anilines is 1. The van der Waals surface area contributed by atoms with Gasteiger partial charge in [0, 0.05) is 12.6 Å². The predicted molar refractivity (Wildman–Crippen MR) is 67.7 cm³/mol. The minimum atomic E-state index is -1.15. The number of carboxylic acids is 1. The molecule has 0 bridgehead atoms. The van der Waals surface area contributed by atoms with E-state index in [1.54, 1.807) is 24.3 Å². The summed E-state index contributed by atoms with van der Waals surface area (Å²) in [6.45, 7) is 1.25. The number of carboxylic acid groups (broad SMARTS) is 1. The summed E-state index contributed by atoms with van der Waals surface area (Å²) < 4.78 is 0. The molecule has 1 aliphatic heterocycles. The number of amides is 2. The fraction of sp³-hybridized carbons (Fsp3) is 0.308. The number of hydrogen-bond donors (Lipinski definition) is 3. The minimum absolute atomic E-state index is 0.0394. The second-order valence-electron chi connectivity index (χ2n) is 4.46. The maximum Gasteiger partial charge on any atom is 0.326 e. The molecule has 0 aromatic heterocycles. The number of benzene rings is 1. The van der Waals surface area contributed by atoms with Gasteiger partial charge in [0.25, 0.3) is 0 Å². The first-order valence-corrected chi connectivity index (χ1v) is 5.88. The first-order chi connectivity index (χ1) is 8.99. The number of nitrogens with one attached hydrogen (secondary N) is 2. The molecule has 2 atom stereocenters. The normalized spacial score (nSPS) is 18.4. The number of hydrogen-bond acceptors (Lipinski definition) is 3. The molecule has 6 heteroatoms. The summed E-state index contributed by atoms with van der Waals surface area (Å²) in [6.07, 6.45) is 0.0394. The zero-order valence-electron chi connectivity index (χ0n) is 10.3. The topological polar surface area (TPSA) is 95.5 Å². The highest BCUT2D eigenvalue weighted by atomic mass is 16.4. The first-order valence-electron chi connectivity index (χ1n) is 5.88. The van der Waals surface area contributed by atoms with Gasteiger partial charge in [-0.3, -0.25) is 9.59 Å². The molecule has 2 amide bonds. The summed E-state index contributed by atoms with van der Waals surface area (Å²) in [6, 6.07) is 6.07. The zero-order chi connectivity index (χ0) is 14.0. The fourth-order valence-electron chi connectivity index (χ4n) is 2.21. The third-order valence-electron chi connectivity index (χ3n) is 3.06. The van der Waals surface area contributed by atoms with Gasteiger partial charge in [0.15, 0.2) is 0 Å². The molecule has 100 valence electrons. The van der Waals surface area contributed by atoms with Crippen LogP contribution in [0.3, 0.4) is 0 Å². The lowest BCUT2D eigenvalue weighted by Crippen LogP contribution is -2.41. The second-order valence-corrected chi connectivity index (χ2v) is 4.46. The highest BCUT2D eigenvalue weighted by molar-refractivity contribution is 6.03. The van der Waals surface area contributed by atoms with Crippen LogP contribution >= 0.6 is 0 Å². The van der Waals surface area contributed by atoms with Crippen LogP contribution < -0.4 is 10.6 Å². The van der Waals surface area contributed by atoms with Gasteiger partial charge in [-0.1, -0.05) is 18.2 Å². The molecule has 1 unspecified atom stereocenters. The Labute approximate surface area is 109 Å². The molecule has 1 aromatic carbocycles. The summed E-state index contributed by atoms with van der Waals surface area (Å²) in [4.78, 5) is 33.9. The third kappa shape index (κ3) is 2.73. The Hall–Kier alpha value is -2.37. The molecule has 6 nitrogen and oxygen atoms in total. The van der Waals surface area contributed by atoms with Crippen molar-refractivity contribution in [2.24, 2.45) is 0 Å². The summed E-state index contributed by atoms with van der Waals surface area (Å²) >= 11 is 0. The van der Waals surface area contributed by atoms with Crippen molar-refractivity contribution in [3.8, 4) is 0 Å². The van der Waals surface area contributed by atoms with Crippen molar-refractivity contribution in [2.45, 2.75) is 25.3 Å². The smallest absolute Gasteiger partial charge is 0.326 e.